The Morgan fingerprint density at radius 1 is 0.958 bits per heavy atom. The van der Waals surface area contributed by atoms with Gasteiger partial charge in [-0.25, -0.2) is 9.59 Å². The summed E-state index contributed by atoms with van der Waals surface area (Å²) in [6, 6.07) is 8.44. The Morgan fingerprint density at radius 3 is 2.08 bits per heavy atom. The maximum Gasteiger partial charge on any atom is 0.351 e. The molecule has 2 atom stereocenters. The van der Waals surface area contributed by atoms with Gasteiger partial charge in [0.15, 0.2) is 6.10 Å². The molecule has 132 valence electrons. The Balaban J connectivity index is 2.94. The van der Waals surface area contributed by atoms with Gasteiger partial charge in [-0.15, -0.1) is 0 Å². The number of benzene rings is 1. The van der Waals surface area contributed by atoms with Crippen LogP contribution in [0.4, 0.5) is 0 Å². The summed E-state index contributed by atoms with van der Waals surface area (Å²) >= 11 is 0. The van der Waals surface area contributed by atoms with Crippen molar-refractivity contribution in [1.29, 1.82) is 0 Å². The van der Waals surface area contributed by atoms with Gasteiger partial charge in [0.25, 0.3) is 0 Å². The molecule has 1 aromatic rings. The molecule has 0 spiro atoms. The zero-order valence-electron chi connectivity index (χ0n) is 14.2. The fourth-order valence-electron chi connectivity index (χ4n) is 1.93. The van der Waals surface area contributed by atoms with E-state index in [2.05, 4.69) is 9.47 Å². The van der Waals surface area contributed by atoms with Gasteiger partial charge in [0.1, 0.15) is 0 Å². The van der Waals surface area contributed by atoms with Gasteiger partial charge in [-0.2, -0.15) is 0 Å². The summed E-state index contributed by atoms with van der Waals surface area (Å²) in [4.78, 5) is 35.8. The molecule has 0 amide bonds. The molecule has 1 unspecified atom stereocenters. The van der Waals surface area contributed by atoms with Crippen molar-refractivity contribution < 1.29 is 33.3 Å². The van der Waals surface area contributed by atoms with Crippen LogP contribution in [0.25, 0.3) is 0 Å². The summed E-state index contributed by atoms with van der Waals surface area (Å²) in [5, 5.41) is 0. The lowest BCUT2D eigenvalue weighted by Gasteiger charge is -2.22. The predicted molar refractivity (Wildman–Crippen MR) is 83.9 cm³/mol. The molecule has 0 aliphatic rings. The van der Waals surface area contributed by atoms with Crippen LogP contribution in [0.3, 0.4) is 0 Å². The first kappa shape index (κ1) is 19.6. The summed E-state index contributed by atoms with van der Waals surface area (Å²) in [5.74, 6) is -2.18. The average molecular weight is 338 g/mol. The number of methoxy groups -OCH3 is 2. The van der Waals surface area contributed by atoms with Crippen LogP contribution in [0.1, 0.15) is 31.9 Å². The molecule has 7 heteroatoms. The van der Waals surface area contributed by atoms with E-state index in [0.717, 1.165) is 0 Å². The molecule has 24 heavy (non-hydrogen) atoms. The highest BCUT2D eigenvalue weighted by atomic mass is 16.6. The summed E-state index contributed by atoms with van der Waals surface area (Å²) in [6.07, 6.45) is -3.04. The van der Waals surface area contributed by atoms with Crippen molar-refractivity contribution in [3.63, 3.8) is 0 Å². The molecular formula is C17H22O7. The maximum absolute atomic E-state index is 12.4. The zero-order chi connectivity index (χ0) is 18.1. The standard InChI is InChI=1S/C17H22O7/c1-11(2)23-13(10-14(18)21-3)16(19)24-15(17(20)22-4)12-8-6-5-7-9-12/h5-9,11,13,15H,10H2,1-4H3/t13-,15?/m1/s1. The molecule has 0 aliphatic heterocycles. The molecule has 0 radical (unpaired) electrons. The molecule has 1 rings (SSSR count). The van der Waals surface area contributed by atoms with Gasteiger partial charge in [-0.05, 0) is 13.8 Å². The van der Waals surface area contributed by atoms with Gasteiger partial charge in [-0.1, -0.05) is 30.3 Å². The third kappa shape index (κ3) is 6.00. The summed E-state index contributed by atoms with van der Waals surface area (Å²) < 4.78 is 19.9. The lowest BCUT2D eigenvalue weighted by Crippen LogP contribution is -2.34. The zero-order valence-corrected chi connectivity index (χ0v) is 14.2. The highest BCUT2D eigenvalue weighted by Gasteiger charge is 2.32. The second-order valence-electron chi connectivity index (χ2n) is 5.20. The molecule has 0 aromatic heterocycles. The van der Waals surface area contributed by atoms with Crippen molar-refractivity contribution in [2.75, 3.05) is 14.2 Å². The first-order chi connectivity index (χ1) is 11.4. The number of esters is 3. The van der Waals surface area contributed by atoms with Crippen LogP contribution in [0.15, 0.2) is 30.3 Å². The van der Waals surface area contributed by atoms with E-state index in [-0.39, 0.29) is 12.5 Å². The third-order valence-corrected chi connectivity index (χ3v) is 3.03. The van der Waals surface area contributed by atoms with E-state index in [1.54, 1.807) is 44.2 Å². The van der Waals surface area contributed by atoms with Crippen molar-refractivity contribution in [3.8, 4) is 0 Å². The molecule has 0 N–H and O–H groups in total. The third-order valence-electron chi connectivity index (χ3n) is 3.03. The minimum Gasteiger partial charge on any atom is -0.469 e. The Kier molecular flexibility index (Phi) is 7.91. The van der Waals surface area contributed by atoms with Crippen LogP contribution < -0.4 is 0 Å². The Labute approximate surface area is 140 Å². The second kappa shape index (κ2) is 9.67. The van der Waals surface area contributed by atoms with Crippen molar-refractivity contribution in [1.82, 2.24) is 0 Å². The van der Waals surface area contributed by atoms with E-state index in [0.29, 0.717) is 5.56 Å². The van der Waals surface area contributed by atoms with E-state index < -0.39 is 30.1 Å². The molecule has 7 nitrogen and oxygen atoms in total. The molecule has 0 bridgehead atoms. The topological polar surface area (TPSA) is 88.1 Å². The summed E-state index contributed by atoms with van der Waals surface area (Å²) in [5.41, 5.74) is 0.457. The maximum atomic E-state index is 12.4. The van der Waals surface area contributed by atoms with Gasteiger partial charge < -0.3 is 18.9 Å². The highest BCUT2D eigenvalue weighted by Crippen LogP contribution is 2.21. The SMILES string of the molecule is COC(=O)C[C@@H](OC(C)C)C(=O)OC(C(=O)OC)c1ccccc1. The molecule has 0 aliphatic carbocycles. The number of rotatable bonds is 8. The minimum absolute atomic E-state index is 0.309. The highest BCUT2D eigenvalue weighted by molar-refractivity contribution is 5.85. The smallest absolute Gasteiger partial charge is 0.351 e. The van der Waals surface area contributed by atoms with Gasteiger partial charge in [0.05, 0.1) is 26.7 Å². The van der Waals surface area contributed by atoms with E-state index in [1.807, 2.05) is 0 Å². The van der Waals surface area contributed by atoms with Gasteiger partial charge in [0.2, 0.25) is 6.10 Å². The van der Waals surface area contributed by atoms with Crippen molar-refractivity contribution >= 4 is 17.9 Å². The van der Waals surface area contributed by atoms with Gasteiger partial charge in [-0.3, -0.25) is 4.79 Å². The first-order valence-electron chi connectivity index (χ1n) is 7.44. The fourth-order valence-corrected chi connectivity index (χ4v) is 1.93. The predicted octanol–water partition coefficient (Wildman–Crippen LogP) is 1.80. The van der Waals surface area contributed by atoms with Crippen LogP contribution in [0.5, 0.6) is 0 Å². The molecule has 0 fully saturated rings. The number of hydrogen-bond acceptors (Lipinski definition) is 7. The van der Waals surface area contributed by atoms with Crippen LogP contribution in [0, 0.1) is 0 Å². The van der Waals surface area contributed by atoms with Gasteiger partial charge >= 0.3 is 17.9 Å². The number of carbonyl (C=O) groups excluding carboxylic acids is 3. The molecule has 1 aromatic carbocycles. The molecule has 0 saturated carbocycles. The summed E-state index contributed by atoms with van der Waals surface area (Å²) in [7, 11) is 2.41. The van der Waals surface area contributed by atoms with Crippen molar-refractivity contribution in [2.45, 2.75) is 38.6 Å². The average Bonchev–Trinajstić information content (AvgIpc) is 2.58. The Bertz CT molecular complexity index is 553. The minimum atomic E-state index is -1.24. The van der Waals surface area contributed by atoms with Crippen LogP contribution in [-0.2, 0) is 33.3 Å². The number of ether oxygens (including phenoxy) is 4. The first-order valence-corrected chi connectivity index (χ1v) is 7.44. The molecule has 0 heterocycles. The monoisotopic (exact) mass is 338 g/mol. The van der Waals surface area contributed by atoms with E-state index in [1.165, 1.54) is 14.2 Å². The molecular weight excluding hydrogens is 316 g/mol. The Hall–Kier alpha value is -2.41. The lowest BCUT2D eigenvalue weighted by atomic mass is 10.1. The van der Waals surface area contributed by atoms with E-state index in [9.17, 15) is 14.4 Å². The quantitative estimate of drug-likeness (QED) is 0.527. The van der Waals surface area contributed by atoms with Crippen molar-refractivity contribution in [2.24, 2.45) is 0 Å². The van der Waals surface area contributed by atoms with E-state index >= 15 is 0 Å². The number of carbonyl (C=O) groups is 3. The Morgan fingerprint density at radius 2 is 1.58 bits per heavy atom. The molecule has 0 saturated heterocycles. The second-order valence-corrected chi connectivity index (χ2v) is 5.20. The van der Waals surface area contributed by atoms with Gasteiger partial charge in [0, 0.05) is 5.56 Å². The van der Waals surface area contributed by atoms with Crippen LogP contribution in [-0.4, -0.2) is 44.3 Å². The largest absolute Gasteiger partial charge is 0.469 e. The normalized spacial score (nSPS) is 13.0. The number of hydrogen-bond donors (Lipinski definition) is 0. The summed E-state index contributed by atoms with van der Waals surface area (Å²) in [6.45, 7) is 3.43. The van der Waals surface area contributed by atoms with Crippen LogP contribution >= 0.6 is 0 Å². The van der Waals surface area contributed by atoms with E-state index in [4.69, 9.17) is 9.47 Å². The lowest BCUT2D eigenvalue weighted by molar-refractivity contribution is -0.178. The van der Waals surface area contributed by atoms with Crippen LogP contribution in [0.2, 0.25) is 0 Å². The van der Waals surface area contributed by atoms with Crippen molar-refractivity contribution in [3.05, 3.63) is 35.9 Å². The fraction of sp³-hybridized carbons (Fsp3) is 0.471.